The van der Waals surface area contributed by atoms with Gasteiger partial charge in [0.05, 0.1) is 18.4 Å². The Morgan fingerprint density at radius 3 is 2.69 bits per heavy atom. The lowest BCUT2D eigenvalue weighted by atomic mass is 10.2. The number of aromatic nitrogens is 1. The van der Waals surface area contributed by atoms with Crippen LogP contribution in [0.2, 0.25) is 0 Å². The van der Waals surface area contributed by atoms with Crippen LogP contribution in [0.25, 0.3) is 0 Å². The van der Waals surface area contributed by atoms with Gasteiger partial charge >= 0.3 is 0 Å². The molecular formula is C18H20F2N2O4. The Labute approximate surface area is 149 Å². The van der Waals surface area contributed by atoms with E-state index in [4.69, 9.17) is 14.9 Å². The van der Waals surface area contributed by atoms with E-state index in [1.807, 2.05) is 6.92 Å². The van der Waals surface area contributed by atoms with Crippen molar-refractivity contribution in [1.82, 2.24) is 4.98 Å². The van der Waals surface area contributed by atoms with Crippen molar-refractivity contribution in [2.45, 2.75) is 38.6 Å². The molecule has 1 amide bonds. The van der Waals surface area contributed by atoms with Crippen molar-refractivity contribution in [3.63, 3.8) is 0 Å². The van der Waals surface area contributed by atoms with Gasteiger partial charge in [-0.15, -0.1) is 0 Å². The van der Waals surface area contributed by atoms with Gasteiger partial charge in [-0.05, 0) is 44.0 Å². The second kappa shape index (κ2) is 9.21. The van der Waals surface area contributed by atoms with E-state index in [1.165, 1.54) is 6.07 Å². The zero-order valence-corrected chi connectivity index (χ0v) is 14.2. The zero-order valence-electron chi connectivity index (χ0n) is 14.2. The lowest BCUT2D eigenvalue weighted by Gasteiger charge is -2.11. The maximum atomic E-state index is 12.1. The molecular weight excluding hydrogens is 346 g/mol. The molecule has 1 fully saturated rings. The van der Waals surface area contributed by atoms with Crippen molar-refractivity contribution in [3.05, 3.63) is 53.9 Å². The van der Waals surface area contributed by atoms with E-state index < -0.39 is 17.4 Å². The summed E-state index contributed by atoms with van der Waals surface area (Å²) in [5.74, 6) is -3.02. The van der Waals surface area contributed by atoms with Gasteiger partial charge in [0.15, 0.2) is 17.4 Å². The second-order valence-electron chi connectivity index (χ2n) is 5.77. The third-order valence-electron chi connectivity index (χ3n) is 3.70. The number of hydrogen-bond donors (Lipinski definition) is 3. The molecule has 6 nitrogen and oxygen atoms in total. The molecule has 2 atom stereocenters. The van der Waals surface area contributed by atoms with Gasteiger partial charge in [0.25, 0.3) is 5.91 Å². The number of hydrogen-bond acceptors (Lipinski definition) is 5. The number of amides is 1. The molecule has 3 N–H and O–H groups in total. The van der Waals surface area contributed by atoms with Crippen molar-refractivity contribution in [1.29, 1.82) is 0 Å². The Hall–Kier alpha value is -2.58. The van der Waals surface area contributed by atoms with E-state index in [2.05, 4.69) is 10.3 Å². The van der Waals surface area contributed by atoms with E-state index in [1.54, 1.807) is 18.3 Å². The van der Waals surface area contributed by atoms with Crippen molar-refractivity contribution in [3.8, 4) is 5.75 Å². The van der Waals surface area contributed by atoms with E-state index >= 15 is 0 Å². The van der Waals surface area contributed by atoms with Gasteiger partial charge < -0.3 is 20.3 Å². The third-order valence-corrected chi connectivity index (χ3v) is 3.70. The zero-order chi connectivity index (χ0) is 19.1. The lowest BCUT2D eigenvalue weighted by Crippen LogP contribution is -2.27. The topological polar surface area (TPSA) is 91.7 Å². The minimum absolute atomic E-state index is 0.135. The van der Waals surface area contributed by atoms with Gasteiger partial charge in [-0.3, -0.25) is 9.78 Å². The molecule has 26 heavy (non-hydrogen) atoms. The number of halogens is 2. The predicted molar refractivity (Wildman–Crippen MR) is 90.4 cm³/mol. The Kier molecular flexibility index (Phi) is 6.99. The quantitative estimate of drug-likeness (QED) is 0.777. The highest BCUT2D eigenvalue weighted by atomic mass is 19.2. The van der Waals surface area contributed by atoms with Gasteiger partial charge in [-0.25, -0.2) is 4.39 Å². The average molecular weight is 366 g/mol. The summed E-state index contributed by atoms with van der Waals surface area (Å²) in [5, 5.41) is 20.2. The fraction of sp³-hybridized carbons (Fsp3) is 0.333. The minimum Gasteiger partial charge on any atom is -0.505 e. The number of nitrogens with zero attached hydrogens (tertiary/aromatic N) is 1. The number of ether oxygens (including phenoxy) is 1. The van der Waals surface area contributed by atoms with Crippen LogP contribution in [0.1, 0.15) is 25.5 Å². The SMILES string of the molecule is CC1CC[C@H](C(=O)Nc2ccnc(CO)c2)O1.Oc1cccc(F)c1F. The summed E-state index contributed by atoms with van der Waals surface area (Å²) in [6, 6.07) is 6.59. The summed E-state index contributed by atoms with van der Waals surface area (Å²) in [4.78, 5) is 15.8. The van der Waals surface area contributed by atoms with Crippen molar-refractivity contribution in [2.24, 2.45) is 0 Å². The number of rotatable bonds is 3. The Bertz CT molecular complexity index is 737. The van der Waals surface area contributed by atoms with Gasteiger partial charge in [0, 0.05) is 11.9 Å². The molecule has 1 aromatic carbocycles. The molecule has 140 valence electrons. The highest BCUT2D eigenvalue weighted by Gasteiger charge is 2.28. The first-order valence-corrected chi connectivity index (χ1v) is 8.05. The van der Waals surface area contributed by atoms with E-state index in [0.29, 0.717) is 11.4 Å². The maximum Gasteiger partial charge on any atom is 0.253 e. The smallest absolute Gasteiger partial charge is 0.253 e. The van der Waals surface area contributed by atoms with E-state index in [0.717, 1.165) is 25.0 Å². The number of aromatic hydroxyl groups is 1. The van der Waals surface area contributed by atoms with Crippen LogP contribution in [0.4, 0.5) is 14.5 Å². The summed E-state index contributed by atoms with van der Waals surface area (Å²) in [6.45, 7) is 1.82. The van der Waals surface area contributed by atoms with Crippen molar-refractivity contribution < 1.29 is 28.5 Å². The Morgan fingerprint density at radius 1 is 1.35 bits per heavy atom. The number of aliphatic hydroxyl groups excluding tert-OH is 1. The Balaban J connectivity index is 0.000000228. The number of aliphatic hydroxyl groups is 1. The van der Waals surface area contributed by atoms with E-state index in [9.17, 15) is 13.6 Å². The fourth-order valence-electron chi connectivity index (χ4n) is 2.35. The molecule has 0 saturated carbocycles. The molecule has 0 radical (unpaired) electrons. The molecule has 0 aliphatic carbocycles. The summed E-state index contributed by atoms with van der Waals surface area (Å²) < 4.78 is 29.6. The van der Waals surface area contributed by atoms with Crippen LogP contribution in [0.3, 0.4) is 0 Å². The van der Waals surface area contributed by atoms with Crippen LogP contribution in [-0.4, -0.2) is 33.3 Å². The standard InChI is InChI=1S/C12H16N2O3.C6H4F2O/c1-8-2-3-11(17-8)12(16)14-9-4-5-13-10(6-9)7-15;7-4-2-1-3-5(9)6(4)8/h4-6,8,11,15H,2-3,7H2,1H3,(H,13,14,16);1-3,9H/t8?,11-;/m1./s1. The summed E-state index contributed by atoms with van der Waals surface area (Å²) in [5.41, 5.74) is 1.17. The first-order valence-electron chi connectivity index (χ1n) is 8.05. The van der Waals surface area contributed by atoms with Crippen LogP contribution < -0.4 is 5.32 Å². The van der Waals surface area contributed by atoms with Crippen LogP contribution in [0, 0.1) is 11.6 Å². The second-order valence-corrected chi connectivity index (χ2v) is 5.77. The van der Waals surface area contributed by atoms with Crippen LogP contribution >= 0.6 is 0 Å². The molecule has 1 aromatic heterocycles. The Morgan fingerprint density at radius 2 is 2.12 bits per heavy atom. The molecule has 1 aliphatic heterocycles. The van der Waals surface area contributed by atoms with E-state index in [-0.39, 0.29) is 24.7 Å². The number of carbonyl (C=O) groups is 1. The molecule has 1 saturated heterocycles. The predicted octanol–water partition coefficient (Wildman–Crippen LogP) is 2.75. The molecule has 8 heteroatoms. The highest BCUT2D eigenvalue weighted by Crippen LogP contribution is 2.20. The number of pyridine rings is 1. The van der Waals surface area contributed by atoms with Crippen LogP contribution in [0.15, 0.2) is 36.5 Å². The van der Waals surface area contributed by atoms with Crippen LogP contribution in [0.5, 0.6) is 5.75 Å². The number of carbonyl (C=O) groups excluding carboxylic acids is 1. The summed E-state index contributed by atoms with van der Waals surface area (Å²) in [6.07, 6.45) is 3.01. The molecule has 2 heterocycles. The third kappa shape index (κ3) is 5.47. The number of benzene rings is 1. The molecule has 0 spiro atoms. The number of phenols is 1. The minimum atomic E-state index is -1.20. The summed E-state index contributed by atoms with van der Waals surface area (Å²) in [7, 11) is 0. The monoisotopic (exact) mass is 366 g/mol. The first-order chi connectivity index (χ1) is 12.4. The molecule has 1 aliphatic rings. The fourth-order valence-corrected chi connectivity index (χ4v) is 2.35. The molecule has 1 unspecified atom stereocenters. The van der Waals surface area contributed by atoms with Crippen LogP contribution in [-0.2, 0) is 16.1 Å². The number of phenolic OH excluding ortho intramolecular Hbond substituents is 1. The normalized spacial score (nSPS) is 18.8. The van der Waals surface area contributed by atoms with Gasteiger partial charge in [-0.2, -0.15) is 4.39 Å². The summed E-state index contributed by atoms with van der Waals surface area (Å²) >= 11 is 0. The average Bonchev–Trinajstić information content (AvgIpc) is 3.07. The largest absolute Gasteiger partial charge is 0.505 e. The first kappa shape index (κ1) is 19.7. The maximum absolute atomic E-state index is 12.1. The number of anilines is 1. The van der Waals surface area contributed by atoms with Crippen molar-refractivity contribution >= 4 is 11.6 Å². The lowest BCUT2D eigenvalue weighted by molar-refractivity contribution is -0.126. The molecule has 2 aromatic rings. The van der Waals surface area contributed by atoms with Gasteiger partial charge in [-0.1, -0.05) is 6.07 Å². The van der Waals surface area contributed by atoms with Gasteiger partial charge in [0.1, 0.15) is 6.10 Å². The van der Waals surface area contributed by atoms with Crippen molar-refractivity contribution in [2.75, 3.05) is 5.32 Å². The molecule has 0 bridgehead atoms. The van der Waals surface area contributed by atoms with Gasteiger partial charge in [0.2, 0.25) is 0 Å². The molecule has 3 rings (SSSR count). The highest BCUT2D eigenvalue weighted by molar-refractivity contribution is 5.94. The number of nitrogens with one attached hydrogen (secondary N) is 1.